The molecule has 1 aromatic heterocycles. The lowest BCUT2D eigenvalue weighted by molar-refractivity contribution is 0.425. The molecule has 6 heteroatoms. The molecular formula is C10H10ClN3OS. The van der Waals surface area contributed by atoms with Crippen molar-refractivity contribution in [3.63, 3.8) is 0 Å². The molecule has 0 bridgehead atoms. The number of thioether (sulfide) groups is 1. The first kappa shape index (κ1) is 11.3. The van der Waals surface area contributed by atoms with Gasteiger partial charge in [0.1, 0.15) is 0 Å². The van der Waals surface area contributed by atoms with Crippen LogP contribution in [0.15, 0.2) is 22.7 Å². The second-order valence-electron chi connectivity index (χ2n) is 3.19. The van der Waals surface area contributed by atoms with Crippen LogP contribution >= 0.6 is 23.4 Å². The van der Waals surface area contributed by atoms with Gasteiger partial charge in [-0.05, 0) is 24.5 Å². The van der Waals surface area contributed by atoms with Crippen LogP contribution in [0.2, 0.25) is 5.02 Å². The third kappa shape index (κ3) is 2.31. The predicted octanol–water partition coefficient (Wildman–Crippen LogP) is 2.84. The molecule has 0 radical (unpaired) electrons. The molecule has 0 saturated heterocycles. The van der Waals surface area contributed by atoms with Gasteiger partial charge in [0.25, 0.3) is 5.89 Å². The van der Waals surface area contributed by atoms with Gasteiger partial charge in [0.05, 0.1) is 16.5 Å². The van der Waals surface area contributed by atoms with E-state index in [0.29, 0.717) is 22.4 Å². The largest absolute Gasteiger partial charge is 0.398 e. The minimum Gasteiger partial charge on any atom is -0.398 e. The Morgan fingerprint density at radius 2 is 2.31 bits per heavy atom. The van der Waals surface area contributed by atoms with Crippen LogP contribution < -0.4 is 5.73 Å². The van der Waals surface area contributed by atoms with Crippen molar-refractivity contribution in [3.05, 3.63) is 29.0 Å². The van der Waals surface area contributed by atoms with Crippen molar-refractivity contribution >= 4 is 29.1 Å². The summed E-state index contributed by atoms with van der Waals surface area (Å²) in [6.07, 6.45) is 1.98. The zero-order chi connectivity index (χ0) is 11.5. The molecule has 16 heavy (non-hydrogen) atoms. The number of aromatic nitrogens is 2. The summed E-state index contributed by atoms with van der Waals surface area (Å²) in [5.41, 5.74) is 6.93. The van der Waals surface area contributed by atoms with E-state index < -0.39 is 0 Å². The van der Waals surface area contributed by atoms with Crippen LogP contribution in [0, 0.1) is 0 Å². The van der Waals surface area contributed by atoms with Crippen molar-refractivity contribution in [2.75, 3.05) is 12.0 Å². The Morgan fingerprint density at radius 1 is 1.50 bits per heavy atom. The van der Waals surface area contributed by atoms with Gasteiger partial charge in [-0.15, -0.1) is 0 Å². The molecule has 0 saturated carbocycles. The monoisotopic (exact) mass is 255 g/mol. The Bertz CT molecular complexity index is 501. The fraction of sp³-hybridized carbons (Fsp3) is 0.200. The molecule has 4 nitrogen and oxygen atoms in total. The summed E-state index contributed by atoms with van der Waals surface area (Å²) >= 11 is 7.55. The lowest BCUT2D eigenvalue weighted by Crippen LogP contribution is -1.87. The highest BCUT2D eigenvalue weighted by molar-refractivity contribution is 7.97. The molecule has 2 N–H and O–H groups in total. The standard InChI is InChI=1S/C10H10ClN3OS/c1-16-5-9-13-10(15-14-9)6-2-3-8(12)7(11)4-6/h2-4H,5,12H2,1H3. The van der Waals surface area contributed by atoms with Gasteiger partial charge in [0.2, 0.25) is 0 Å². The first-order valence-electron chi connectivity index (χ1n) is 4.57. The Hall–Kier alpha value is -1.20. The Balaban J connectivity index is 2.31. The Morgan fingerprint density at radius 3 is 3.00 bits per heavy atom. The Kier molecular flexibility index (Phi) is 3.36. The zero-order valence-corrected chi connectivity index (χ0v) is 10.2. The molecule has 0 unspecified atom stereocenters. The summed E-state index contributed by atoms with van der Waals surface area (Å²) in [5, 5.41) is 4.34. The third-order valence-corrected chi connectivity index (χ3v) is 2.86. The van der Waals surface area contributed by atoms with E-state index in [9.17, 15) is 0 Å². The van der Waals surface area contributed by atoms with Gasteiger partial charge in [-0.2, -0.15) is 16.7 Å². The van der Waals surface area contributed by atoms with Crippen molar-refractivity contribution in [2.24, 2.45) is 0 Å². The fourth-order valence-corrected chi connectivity index (χ4v) is 1.78. The Labute approximate surface area is 102 Å². The smallest absolute Gasteiger partial charge is 0.258 e. The van der Waals surface area contributed by atoms with Crippen LogP contribution in [0.4, 0.5) is 5.69 Å². The van der Waals surface area contributed by atoms with Gasteiger partial charge < -0.3 is 10.3 Å². The summed E-state index contributed by atoms with van der Waals surface area (Å²) < 4.78 is 5.12. The number of hydrogen-bond donors (Lipinski definition) is 1. The van der Waals surface area contributed by atoms with E-state index in [1.165, 1.54) is 0 Å². The fourth-order valence-electron chi connectivity index (χ4n) is 1.22. The number of hydrogen-bond acceptors (Lipinski definition) is 5. The minimum absolute atomic E-state index is 0.464. The average Bonchev–Trinajstić information content (AvgIpc) is 2.71. The van der Waals surface area contributed by atoms with E-state index >= 15 is 0 Å². The van der Waals surface area contributed by atoms with Crippen LogP contribution in [-0.2, 0) is 5.75 Å². The minimum atomic E-state index is 0.464. The van der Waals surface area contributed by atoms with Crippen LogP contribution in [-0.4, -0.2) is 16.4 Å². The van der Waals surface area contributed by atoms with Crippen molar-refractivity contribution in [3.8, 4) is 11.5 Å². The number of nitrogens with zero attached hydrogens (tertiary/aromatic N) is 2. The van der Waals surface area contributed by atoms with E-state index in [1.54, 1.807) is 30.0 Å². The van der Waals surface area contributed by atoms with E-state index in [2.05, 4.69) is 10.1 Å². The van der Waals surface area contributed by atoms with Gasteiger partial charge >= 0.3 is 0 Å². The third-order valence-electron chi connectivity index (χ3n) is 1.99. The van der Waals surface area contributed by atoms with Gasteiger partial charge in [-0.3, -0.25) is 0 Å². The number of anilines is 1. The van der Waals surface area contributed by atoms with Crippen molar-refractivity contribution in [1.82, 2.24) is 10.1 Å². The molecule has 0 fully saturated rings. The van der Waals surface area contributed by atoms with E-state index in [1.807, 2.05) is 6.26 Å². The molecule has 1 heterocycles. The van der Waals surface area contributed by atoms with Crippen LogP contribution in [0.3, 0.4) is 0 Å². The number of benzene rings is 1. The van der Waals surface area contributed by atoms with Crippen molar-refractivity contribution in [2.45, 2.75) is 5.75 Å². The topological polar surface area (TPSA) is 64.9 Å². The molecule has 0 aliphatic rings. The maximum atomic E-state index is 5.91. The van der Waals surface area contributed by atoms with Gasteiger partial charge in [0, 0.05) is 5.56 Å². The van der Waals surface area contributed by atoms with Gasteiger partial charge in [-0.25, -0.2) is 0 Å². The van der Waals surface area contributed by atoms with Crippen molar-refractivity contribution < 1.29 is 4.52 Å². The highest BCUT2D eigenvalue weighted by Gasteiger charge is 2.09. The summed E-state index contributed by atoms with van der Waals surface area (Å²) in [7, 11) is 0. The number of rotatable bonds is 3. The number of halogens is 1. The highest BCUT2D eigenvalue weighted by Crippen LogP contribution is 2.26. The van der Waals surface area contributed by atoms with Gasteiger partial charge in [-0.1, -0.05) is 16.8 Å². The number of nitrogen functional groups attached to an aromatic ring is 1. The molecule has 0 atom stereocenters. The van der Waals surface area contributed by atoms with E-state index in [0.717, 1.165) is 11.3 Å². The first-order chi connectivity index (χ1) is 7.70. The number of nitrogens with two attached hydrogens (primary N) is 1. The van der Waals surface area contributed by atoms with E-state index in [-0.39, 0.29) is 0 Å². The summed E-state index contributed by atoms with van der Waals surface area (Å²) in [5.74, 6) is 1.87. The summed E-state index contributed by atoms with van der Waals surface area (Å²) in [6.45, 7) is 0. The molecule has 2 aromatic rings. The average molecular weight is 256 g/mol. The predicted molar refractivity (Wildman–Crippen MR) is 66.4 cm³/mol. The lowest BCUT2D eigenvalue weighted by Gasteiger charge is -1.98. The summed E-state index contributed by atoms with van der Waals surface area (Å²) in [4.78, 5) is 4.24. The van der Waals surface area contributed by atoms with E-state index in [4.69, 9.17) is 21.9 Å². The first-order valence-corrected chi connectivity index (χ1v) is 6.35. The lowest BCUT2D eigenvalue weighted by atomic mass is 10.2. The molecule has 1 aromatic carbocycles. The zero-order valence-electron chi connectivity index (χ0n) is 8.61. The molecule has 0 spiro atoms. The molecule has 0 aliphatic carbocycles. The quantitative estimate of drug-likeness (QED) is 0.855. The van der Waals surface area contributed by atoms with Crippen molar-refractivity contribution in [1.29, 1.82) is 0 Å². The van der Waals surface area contributed by atoms with Crippen LogP contribution in [0.5, 0.6) is 0 Å². The molecular weight excluding hydrogens is 246 g/mol. The second kappa shape index (κ2) is 4.76. The maximum absolute atomic E-state index is 5.91. The normalized spacial score (nSPS) is 10.6. The summed E-state index contributed by atoms with van der Waals surface area (Å²) in [6, 6.07) is 5.24. The molecule has 84 valence electrons. The molecule has 2 rings (SSSR count). The highest BCUT2D eigenvalue weighted by atomic mass is 35.5. The molecule has 0 aliphatic heterocycles. The molecule has 0 amide bonds. The second-order valence-corrected chi connectivity index (χ2v) is 4.46. The maximum Gasteiger partial charge on any atom is 0.258 e. The van der Waals surface area contributed by atoms with Gasteiger partial charge in [0.15, 0.2) is 5.82 Å². The SMILES string of the molecule is CSCc1noc(-c2ccc(N)c(Cl)c2)n1. The van der Waals surface area contributed by atoms with Crippen LogP contribution in [0.25, 0.3) is 11.5 Å². The van der Waals surface area contributed by atoms with Crippen LogP contribution in [0.1, 0.15) is 5.82 Å².